The molecule has 0 fully saturated rings. The van der Waals surface area contributed by atoms with Crippen LogP contribution in [0.15, 0.2) is 115 Å². The molecule has 1 N–H and O–H groups in total. The van der Waals surface area contributed by atoms with Crippen molar-refractivity contribution in [3.05, 3.63) is 132 Å². The summed E-state index contributed by atoms with van der Waals surface area (Å²) in [6.07, 6.45) is 0. The van der Waals surface area contributed by atoms with Crippen LogP contribution < -0.4 is 0 Å². The van der Waals surface area contributed by atoms with Crippen LogP contribution >= 0.6 is 0 Å². The Morgan fingerprint density at radius 3 is 1.97 bits per heavy atom. The molecule has 1 nitrogen and oxygen atoms in total. The van der Waals surface area contributed by atoms with Gasteiger partial charge in [0, 0.05) is 16.7 Å². The van der Waals surface area contributed by atoms with Crippen LogP contribution in [0.3, 0.4) is 0 Å². The van der Waals surface area contributed by atoms with Gasteiger partial charge in [-0.1, -0.05) is 115 Å². The summed E-state index contributed by atoms with van der Waals surface area (Å²) in [5.74, 6) is 0. The van der Waals surface area contributed by atoms with E-state index in [0.717, 1.165) is 49.7 Å². The third-order valence-corrected chi connectivity index (χ3v) is 6.30. The molecule has 5 aromatic carbocycles. The van der Waals surface area contributed by atoms with E-state index < -0.39 is 5.60 Å². The molecule has 1 unspecified atom stereocenters. The minimum absolute atomic E-state index is 0.926. The number of benzene rings is 5. The number of hydrogen-bond donors (Lipinski definition) is 1. The second-order valence-corrected chi connectivity index (χ2v) is 7.88. The van der Waals surface area contributed by atoms with E-state index in [0.29, 0.717) is 0 Å². The van der Waals surface area contributed by atoms with Crippen LogP contribution in [0.1, 0.15) is 16.7 Å². The van der Waals surface area contributed by atoms with Gasteiger partial charge in [-0.2, -0.15) is 0 Å². The van der Waals surface area contributed by atoms with E-state index in [1.165, 1.54) is 0 Å². The van der Waals surface area contributed by atoms with Crippen LogP contribution in [-0.4, -0.2) is 5.11 Å². The van der Waals surface area contributed by atoms with Crippen LogP contribution in [-0.2, 0) is 5.60 Å². The maximum Gasteiger partial charge on any atom is 0.142 e. The van der Waals surface area contributed by atoms with Gasteiger partial charge in [0.2, 0.25) is 0 Å². The van der Waals surface area contributed by atoms with Gasteiger partial charge in [0.15, 0.2) is 0 Å². The fourth-order valence-electron chi connectivity index (χ4n) is 5.01. The van der Waals surface area contributed by atoms with Crippen molar-refractivity contribution in [2.45, 2.75) is 5.60 Å². The number of fused-ring (bicyclic) bond motifs is 4. The van der Waals surface area contributed by atoms with Crippen LogP contribution in [0.5, 0.6) is 0 Å². The Balaban J connectivity index is 1.76. The van der Waals surface area contributed by atoms with Gasteiger partial charge in [0.25, 0.3) is 0 Å². The average Bonchev–Trinajstić information content (AvgIpc) is 3.09. The second kappa shape index (κ2) is 6.41. The van der Waals surface area contributed by atoms with Crippen molar-refractivity contribution in [2.24, 2.45) is 0 Å². The minimum atomic E-state index is -1.22. The Bertz CT molecular complexity index is 1400. The highest BCUT2D eigenvalue weighted by molar-refractivity contribution is 5.94. The largest absolute Gasteiger partial charge is 0.376 e. The first kappa shape index (κ1) is 17.2. The maximum atomic E-state index is 12.6. The molecule has 0 spiro atoms. The number of rotatable bonds is 2. The van der Waals surface area contributed by atoms with Crippen molar-refractivity contribution in [1.29, 1.82) is 0 Å². The molecule has 0 amide bonds. The van der Waals surface area contributed by atoms with Crippen molar-refractivity contribution in [3.8, 4) is 22.3 Å². The van der Waals surface area contributed by atoms with Crippen LogP contribution in [0.4, 0.5) is 0 Å². The highest BCUT2D eigenvalue weighted by Gasteiger charge is 2.45. The van der Waals surface area contributed by atoms with E-state index in [-0.39, 0.29) is 0 Å². The standard InChI is InChI=1S/C29H20O/c30-29(26-19-8-13-20-12-4-5-14-22(20)26)27-18-7-6-15-24(27)25-17-9-16-23(28(25)29)21-10-2-1-3-11-21/h1-19,30H. The second-order valence-electron chi connectivity index (χ2n) is 7.88. The highest BCUT2D eigenvalue weighted by atomic mass is 16.3. The predicted octanol–water partition coefficient (Wildman–Crippen LogP) is 6.77. The lowest BCUT2D eigenvalue weighted by Gasteiger charge is -2.30. The Kier molecular flexibility index (Phi) is 3.68. The fraction of sp³-hybridized carbons (Fsp3) is 0.0345. The first-order valence-electron chi connectivity index (χ1n) is 10.3. The van der Waals surface area contributed by atoms with Gasteiger partial charge in [-0.05, 0) is 33.0 Å². The minimum Gasteiger partial charge on any atom is -0.376 e. The lowest BCUT2D eigenvalue weighted by Crippen LogP contribution is -2.27. The van der Waals surface area contributed by atoms with Crippen molar-refractivity contribution in [2.75, 3.05) is 0 Å². The summed E-state index contributed by atoms with van der Waals surface area (Å²) in [5, 5.41) is 14.8. The van der Waals surface area contributed by atoms with Gasteiger partial charge in [0.1, 0.15) is 5.60 Å². The lowest BCUT2D eigenvalue weighted by atomic mass is 9.79. The third kappa shape index (κ3) is 2.27. The predicted molar refractivity (Wildman–Crippen MR) is 123 cm³/mol. The summed E-state index contributed by atoms with van der Waals surface area (Å²) in [6, 6.07) is 39.4. The molecule has 1 aliphatic rings. The summed E-state index contributed by atoms with van der Waals surface area (Å²) < 4.78 is 0. The first-order chi connectivity index (χ1) is 14.8. The third-order valence-electron chi connectivity index (χ3n) is 6.30. The molecule has 142 valence electrons. The van der Waals surface area contributed by atoms with Gasteiger partial charge in [0.05, 0.1) is 0 Å². The van der Waals surface area contributed by atoms with Gasteiger partial charge >= 0.3 is 0 Å². The van der Waals surface area contributed by atoms with E-state index >= 15 is 0 Å². The van der Waals surface area contributed by atoms with Crippen LogP contribution in [0.2, 0.25) is 0 Å². The molecule has 1 heteroatoms. The van der Waals surface area contributed by atoms with Crippen molar-refractivity contribution >= 4 is 10.8 Å². The van der Waals surface area contributed by atoms with Crippen molar-refractivity contribution < 1.29 is 5.11 Å². The van der Waals surface area contributed by atoms with Gasteiger partial charge in [-0.25, -0.2) is 0 Å². The van der Waals surface area contributed by atoms with E-state index in [9.17, 15) is 5.11 Å². The van der Waals surface area contributed by atoms with E-state index in [2.05, 4.69) is 66.7 Å². The zero-order valence-electron chi connectivity index (χ0n) is 16.4. The average molecular weight is 384 g/mol. The molecule has 1 atom stereocenters. The van der Waals surface area contributed by atoms with Crippen molar-refractivity contribution in [3.63, 3.8) is 0 Å². The molecular formula is C29H20O. The summed E-state index contributed by atoms with van der Waals surface area (Å²) >= 11 is 0. The summed E-state index contributed by atoms with van der Waals surface area (Å²) in [4.78, 5) is 0. The molecule has 0 aromatic heterocycles. The Labute approximate surface area is 175 Å². The SMILES string of the molecule is OC1(c2cccc3ccccc23)c2ccccc2-c2cccc(-c3ccccc3)c21. The maximum absolute atomic E-state index is 12.6. The summed E-state index contributed by atoms with van der Waals surface area (Å²) in [5.41, 5.74) is 5.99. The smallest absolute Gasteiger partial charge is 0.142 e. The topological polar surface area (TPSA) is 20.2 Å². The van der Waals surface area contributed by atoms with E-state index in [1.54, 1.807) is 0 Å². The fourth-order valence-corrected chi connectivity index (χ4v) is 5.01. The molecule has 6 rings (SSSR count). The quantitative estimate of drug-likeness (QED) is 0.356. The Hall–Kier alpha value is -3.68. The first-order valence-corrected chi connectivity index (χ1v) is 10.3. The van der Waals surface area contributed by atoms with Crippen LogP contribution in [0.25, 0.3) is 33.0 Å². The Morgan fingerprint density at radius 2 is 1.07 bits per heavy atom. The molecular weight excluding hydrogens is 364 g/mol. The normalized spacial score (nSPS) is 17.0. The molecule has 1 aliphatic carbocycles. The monoisotopic (exact) mass is 384 g/mol. The zero-order chi connectivity index (χ0) is 20.1. The molecule has 5 aromatic rings. The molecule has 0 heterocycles. The van der Waals surface area contributed by atoms with Gasteiger partial charge in [-0.3, -0.25) is 0 Å². The molecule has 0 bridgehead atoms. The number of aliphatic hydroxyl groups is 1. The Morgan fingerprint density at radius 1 is 0.467 bits per heavy atom. The number of hydrogen-bond acceptors (Lipinski definition) is 1. The van der Waals surface area contributed by atoms with Gasteiger partial charge < -0.3 is 5.11 Å². The zero-order valence-corrected chi connectivity index (χ0v) is 16.4. The highest BCUT2D eigenvalue weighted by Crippen LogP contribution is 2.54. The van der Waals surface area contributed by atoms with E-state index in [1.807, 2.05) is 48.5 Å². The van der Waals surface area contributed by atoms with E-state index in [4.69, 9.17) is 0 Å². The summed E-state index contributed by atoms with van der Waals surface area (Å²) in [6.45, 7) is 0. The molecule has 30 heavy (non-hydrogen) atoms. The lowest BCUT2D eigenvalue weighted by molar-refractivity contribution is 0.133. The summed E-state index contributed by atoms with van der Waals surface area (Å²) in [7, 11) is 0. The molecule has 0 radical (unpaired) electrons. The van der Waals surface area contributed by atoms with Crippen LogP contribution in [0, 0.1) is 0 Å². The molecule has 0 aliphatic heterocycles. The van der Waals surface area contributed by atoms with Gasteiger partial charge in [-0.15, -0.1) is 0 Å². The molecule has 0 saturated heterocycles. The van der Waals surface area contributed by atoms with Crippen molar-refractivity contribution in [1.82, 2.24) is 0 Å². The molecule has 0 saturated carbocycles.